The molecule has 0 unspecified atom stereocenters. The van der Waals surface area contributed by atoms with E-state index in [1.165, 1.54) is 31.2 Å². The number of rotatable bonds is 6. The predicted molar refractivity (Wildman–Crippen MR) is 84.9 cm³/mol. The van der Waals surface area contributed by atoms with Crippen LogP contribution >= 0.6 is 0 Å². The molecule has 0 spiro atoms. The van der Waals surface area contributed by atoms with Crippen LogP contribution in [0, 0.1) is 26.0 Å². The van der Waals surface area contributed by atoms with E-state index in [1.807, 2.05) is 0 Å². The average molecular weight is 349 g/mol. The molecule has 130 valence electrons. The summed E-state index contributed by atoms with van der Waals surface area (Å²) in [5.41, 5.74) is -0.947. The van der Waals surface area contributed by atoms with Crippen molar-refractivity contribution in [3.05, 3.63) is 68.5 Å². The van der Waals surface area contributed by atoms with Gasteiger partial charge in [0.2, 0.25) is 5.82 Å². The van der Waals surface area contributed by atoms with Gasteiger partial charge in [-0.1, -0.05) is 6.07 Å². The molecule has 0 heterocycles. The Morgan fingerprint density at radius 2 is 1.88 bits per heavy atom. The molecule has 25 heavy (non-hydrogen) atoms. The van der Waals surface area contributed by atoms with Gasteiger partial charge >= 0.3 is 5.69 Å². The van der Waals surface area contributed by atoms with Crippen LogP contribution in [0.4, 0.5) is 21.5 Å². The minimum atomic E-state index is -1.05. The van der Waals surface area contributed by atoms with Crippen LogP contribution in [0.2, 0.25) is 0 Å². The highest BCUT2D eigenvalue weighted by atomic mass is 19.1. The number of hydrogen-bond acceptors (Lipinski definition) is 6. The number of nitro benzene ring substituents is 2. The van der Waals surface area contributed by atoms with Gasteiger partial charge in [-0.2, -0.15) is 4.39 Å². The zero-order chi connectivity index (χ0) is 18.6. The normalized spacial score (nSPS) is 11.4. The van der Waals surface area contributed by atoms with Crippen molar-refractivity contribution in [1.82, 2.24) is 0 Å². The average Bonchev–Trinajstić information content (AvgIpc) is 2.56. The Hall–Kier alpha value is -3.56. The highest BCUT2D eigenvalue weighted by Gasteiger charge is 2.19. The number of carbonyl (C=O) groups excluding carboxylic acids is 1. The first-order valence-electron chi connectivity index (χ1n) is 6.94. The first-order chi connectivity index (χ1) is 11.8. The van der Waals surface area contributed by atoms with Gasteiger partial charge in [-0.15, -0.1) is 0 Å². The molecule has 2 rings (SSSR count). The molecular weight excluding hydrogens is 337 g/mol. The number of carbonyl (C=O) groups is 1. The molecule has 0 radical (unpaired) electrons. The van der Waals surface area contributed by atoms with Crippen molar-refractivity contribution in [3.8, 4) is 5.75 Å². The molecule has 0 fully saturated rings. The van der Waals surface area contributed by atoms with Crippen LogP contribution in [0.15, 0.2) is 42.5 Å². The lowest BCUT2D eigenvalue weighted by atomic mass is 10.2. The molecule has 1 N–H and O–H groups in total. The van der Waals surface area contributed by atoms with E-state index in [4.69, 9.17) is 4.74 Å². The Morgan fingerprint density at radius 1 is 1.16 bits per heavy atom. The molecule has 0 aromatic heterocycles. The van der Waals surface area contributed by atoms with E-state index in [1.54, 1.807) is 0 Å². The number of amides is 1. The minimum absolute atomic E-state index is 0.0209. The van der Waals surface area contributed by atoms with E-state index < -0.39 is 33.4 Å². The Bertz CT molecular complexity index is 842. The first-order valence-corrected chi connectivity index (χ1v) is 6.94. The molecule has 0 aliphatic carbocycles. The summed E-state index contributed by atoms with van der Waals surface area (Å²) in [6, 6.07) is 8.19. The standard InChI is InChI=1S/C15H12FN3O6/c1-9(25-12-4-2-3-11(8-12)18(21)22)15(20)17-10-5-6-13(16)14(7-10)19(23)24/h2-9H,1H3,(H,17,20)/t9-/m1/s1. The van der Waals surface area contributed by atoms with Crippen molar-refractivity contribution in [2.24, 2.45) is 0 Å². The van der Waals surface area contributed by atoms with Gasteiger partial charge < -0.3 is 10.1 Å². The first kappa shape index (κ1) is 17.8. The van der Waals surface area contributed by atoms with Crippen LogP contribution in [0.25, 0.3) is 0 Å². The molecule has 0 aliphatic rings. The molecule has 2 aromatic carbocycles. The zero-order valence-electron chi connectivity index (χ0n) is 12.8. The zero-order valence-corrected chi connectivity index (χ0v) is 12.8. The van der Waals surface area contributed by atoms with Gasteiger partial charge in [0.05, 0.1) is 15.9 Å². The van der Waals surface area contributed by atoms with Crippen molar-refractivity contribution in [3.63, 3.8) is 0 Å². The Labute approximate surface area is 140 Å². The molecular formula is C15H12FN3O6. The second-order valence-corrected chi connectivity index (χ2v) is 4.93. The fraction of sp³-hybridized carbons (Fsp3) is 0.133. The summed E-state index contributed by atoms with van der Waals surface area (Å²) in [6.45, 7) is 1.39. The summed E-state index contributed by atoms with van der Waals surface area (Å²) in [5.74, 6) is -1.57. The number of nitrogens with zero attached hydrogens (tertiary/aromatic N) is 2. The predicted octanol–water partition coefficient (Wildman–Crippen LogP) is 3.05. The van der Waals surface area contributed by atoms with Crippen molar-refractivity contribution in [2.75, 3.05) is 5.32 Å². The monoisotopic (exact) mass is 349 g/mol. The summed E-state index contributed by atoms with van der Waals surface area (Å²) in [7, 11) is 0. The van der Waals surface area contributed by atoms with Gasteiger partial charge in [-0.3, -0.25) is 25.0 Å². The van der Waals surface area contributed by atoms with E-state index >= 15 is 0 Å². The molecule has 10 heteroatoms. The number of ether oxygens (including phenoxy) is 1. The lowest BCUT2D eigenvalue weighted by Gasteiger charge is -2.14. The molecule has 0 bridgehead atoms. The lowest BCUT2D eigenvalue weighted by molar-refractivity contribution is -0.387. The Kier molecular flexibility index (Phi) is 5.22. The smallest absolute Gasteiger partial charge is 0.306 e. The molecule has 0 saturated carbocycles. The number of halogens is 1. The molecule has 1 amide bonds. The van der Waals surface area contributed by atoms with Crippen LogP contribution in [0.3, 0.4) is 0 Å². The highest BCUT2D eigenvalue weighted by Crippen LogP contribution is 2.23. The van der Waals surface area contributed by atoms with Crippen LogP contribution in [-0.2, 0) is 4.79 Å². The van der Waals surface area contributed by atoms with Gasteiger partial charge in [-0.25, -0.2) is 0 Å². The molecule has 0 aliphatic heterocycles. The third kappa shape index (κ3) is 4.47. The second kappa shape index (κ2) is 7.34. The van der Waals surface area contributed by atoms with E-state index in [9.17, 15) is 29.4 Å². The topological polar surface area (TPSA) is 125 Å². The summed E-state index contributed by atoms with van der Waals surface area (Å²) in [4.78, 5) is 32.0. The Morgan fingerprint density at radius 3 is 2.52 bits per heavy atom. The highest BCUT2D eigenvalue weighted by molar-refractivity contribution is 5.94. The van der Waals surface area contributed by atoms with Gasteiger partial charge in [0, 0.05) is 17.8 Å². The summed E-state index contributed by atoms with van der Waals surface area (Å²) in [5, 5.41) is 23.8. The maximum atomic E-state index is 13.3. The van der Waals surface area contributed by atoms with Gasteiger partial charge in [0.15, 0.2) is 6.10 Å². The van der Waals surface area contributed by atoms with Gasteiger partial charge in [0.25, 0.3) is 11.6 Å². The molecule has 1 atom stereocenters. The minimum Gasteiger partial charge on any atom is -0.481 e. The molecule has 2 aromatic rings. The van der Waals surface area contributed by atoms with Crippen molar-refractivity contribution >= 4 is 23.0 Å². The maximum Gasteiger partial charge on any atom is 0.306 e. The van der Waals surface area contributed by atoms with E-state index in [0.29, 0.717) is 0 Å². The van der Waals surface area contributed by atoms with Crippen LogP contribution in [0.1, 0.15) is 6.92 Å². The SMILES string of the molecule is C[C@@H](Oc1cccc([N+](=O)[O-])c1)C(=O)Nc1ccc(F)c([N+](=O)[O-])c1. The second-order valence-electron chi connectivity index (χ2n) is 4.93. The number of non-ortho nitro benzene ring substituents is 1. The maximum absolute atomic E-state index is 13.3. The molecule has 9 nitrogen and oxygen atoms in total. The summed E-state index contributed by atoms with van der Waals surface area (Å²) >= 11 is 0. The van der Waals surface area contributed by atoms with Crippen LogP contribution in [-0.4, -0.2) is 21.9 Å². The third-order valence-electron chi connectivity index (χ3n) is 3.12. The fourth-order valence-electron chi connectivity index (χ4n) is 1.90. The van der Waals surface area contributed by atoms with Crippen LogP contribution < -0.4 is 10.1 Å². The fourth-order valence-corrected chi connectivity index (χ4v) is 1.90. The van der Waals surface area contributed by atoms with Crippen molar-refractivity contribution < 1.29 is 23.8 Å². The lowest BCUT2D eigenvalue weighted by Crippen LogP contribution is -2.30. The summed E-state index contributed by atoms with van der Waals surface area (Å²) in [6.07, 6.45) is -1.05. The summed E-state index contributed by atoms with van der Waals surface area (Å²) < 4.78 is 18.6. The van der Waals surface area contributed by atoms with E-state index in [0.717, 1.165) is 18.2 Å². The Balaban J connectivity index is 2.08. The number of anilines is 1. The number of nitro groups is 2. The van der Waals surface area contributed by atoms with E-state index in [2.05, 4.69) is 5.32 Å². The number of nitrogens with one attached hydrogen (secondary N) is 1. The third-order valence-corrected chi connectivity index (χ3v) is 3.12. The van der Waals surface area contributed by atoms with Gasteiger partial charge in [-0.05, 0) is 25.1 Å². The number of hydrogen-bond donors (Lipinski definition) is 1. The quantitative estimate of drug-likeness (QED) is 0.631. The van der Waals surface area contributed by atoms with Crippen LogP contribution in [0.5, 0.6) is 5.75 Å². The molecule has 0 saturated heterocycles. The van der Waals surface area contributed by atoms with Gasteiger partial charge in [0.1, 0.15) is 5.75 Å². The van der Waals surface area contributed by atoms with Crippen molar-refractivity contribution in [1.29, 1.82) is 0 Å². The number of benzene rings is 2. The van der Waals surface area contributed by atoms with Crippen molar-refractivity contribution in [2.45, 2.75) is 13.0 Å². The largest absolute Gasteiger partial charge is 0.481 e. The van der Waals surface area contributed by atoms with E-state index in [-0.39, 0.29) is 17.1 Å².